The fourth-order valence-corrected chi connectivity index (χ4v) is 2.93. The molecule has 1 aliphatic rings. The number of aromatic nitrogens is 1. The van der Waals surface area contributed by atoms with Crippen molar-refractivity contribution in [2.45, 2.75) is 25.0 Å². The molecule has 0 spiro atoms. The van der Waals surface area contributed by atoms with Crippen molar-refractivity contribution in [1.29, 1.82) is 0 Å². The van der Waals surface area contributed by atoms with Crippen LogP contribution in [0.5, 0.6) is 5.75 Å². The summed E-state index contributed by atoms with van der Waals surface area (Å²) >= 11 is 0. The number of methoxy groups -OCH3 is 1. The van der Waals surface area contributed by atoms with Gasteiger partial charge >= 0.3 is 0 Å². The topological polar surface area (TPSA) is 86.5 Å². The van der Waals surface area contributed by atoms with E-state index < -0.39 is 0 Å². The predicted molar refractivity (Wildman–Crippen MR) is 90.7 cm³/mol. The van der Waals surface area contributed by atoms with Gasteiger partial charge in [-0.05, 0) is 30.0 Å². The van der Waals surface area contributed by atoms with Crippen LogP contribution >= 0.6 is 0 Å². The van der Waals surface area contributed by atoms with E-state index in [0.717, 1.165) is 24.0 Å². The third-order valence-electron chi connectivity index (χ3n) is 4.03. The lowest BCUT2D eigenvalue weighted by Crippen LogP contribution is -2.23. The smallest absolute Gasteiger partial charge is 0.251 e. The number of pyridine rings is 1. The lowest BCUT2D eigenvalue weighted by atomic mass is 9.86. The maximum absolute atomic E-state index is 11.6. The first-order valence-electron chi connectivity index (χ1n) is 7.93. The number of nitrogens with two attached hydrogens (primary N) is 1. The third-order valence-corrected chi connectivity index (χ3v) is 4.03. The van der Waals surface area contributed by atoms with Gasteiger partial charge in [0, 0.05) is 25.4 Å². The molecule has 1 heterocycles. The molecule has 2 unspecified atom stereocenters. The van der Waals surface area contributed by atoms with Gasteiger partial charge in [-0.3, -0.25) is 4.79 Å². The molecule has 1 amide bonds. The summed E-state index contributed by atoms with van der Waals surface area (Å²) < 4.78 is 10.9. The minimum Gasteiger partial charge on any atom is -0.486 e. The van der Waals surface area contributed by atoms with Gasteiger partial charge in [-0.2, -0.15) is 0 Å². The van der Waals surface area contributed by atoms with Crippen LogP contribution in [0.4, 0.5) is 5.82 Å². The Morgan fingerprint density at radius 1 is 1.29 bits per heavy atom. The van der Waals surface area contributed by atoms with E-state index in [1.54, 1.807) is 18.3 Å². The van der Waals surface area contributed by atoms with E-state index in [2.05, 4.69) is 22.4 Å². The van der Waals surface area contributed by atoms with Crippen molar-refractivity contribution in [3.8, 4) is 5.75 Å². The maximum Gasteiger partial charge on any atom is 0.251 e. The zero-order valence-electron chi connectivity index (χ0n) is 13.6. The van der Waals surface area contributed by atoms with E-state index in [1.165, 1.54) is 7.11 Å². The molecule has 0 saturated carbocycles. The number of hydrogen-bond acceptors (Lipinski definition) is 5. The van der Waals surface area contributed by atoms with Crippen molar-refractivity contribution in [3.05, 3.63) is 53.7 Å². The molecule has 3 rings (SSSR count). The zero-order valence-corrected chi connectivity index (χ0v) is 13.6. The first-order chi connectivity index (χ1) is 11.7. The molecule has 2 aromatic rings. The second-order valence-electron chi connectivity index (χ2n) is 5.78. The van der Waals surface area contributed by atoms with Crippen LogP contribution in [0.25, 0.3) is 0 Å². The highest BCUT2D eigenvalue weighted by Crippen LogP contribution is 2.37. The van der Waals surface area contributed by atoms with Gasteiger partial charge in [-0.25, -0.2) is 4.98 Å². The Morgan fingerprint density at radius 2 is 2.08 bits per heavy atom. The Kier molecular flexibility index (Phi) is 5.08. The molecule has 2 atom stereocenters. The minimum absolute atomic E-state index is 0.0132. The highest BCUT2D eigenvalue weighted by molar-refractivity contribution is 5.90. The second kappa shape index (κ2) is 7.42. The van der Waals surface area contributed by atoms with E-state index in [4.69, 9.17) is 15.2 Å². The molecule has 0 fully saturated rings. The average molecular weight is 327 g/mol. The van der Waals surface area contributed by atoms with Crippen molar-refractivity contribution in [2.24, 2.45) is 5.73 Å². The molecule has 0 aliphatic heterocycles. The summed E-state index contributed by atoms with van der Waals surface area (Å²) in [5, 5.41) is 2.67. The van der Waals surface area contributed by atoms with Crippen LogP contribution in [0, 0.1) is 0 Å². The molecular formula is C18H21N3O3. The molecule has 0 bridgehead atoms. The van der Waals surface area contributed by atoms with Crippen LogP contribution in [-0.2, 0) is 9.53 Å². The van der Waals surface area contributed by atoms with Gasteiger partial charge in [0.05, 0.1) is 0 Å². The van der Waals surface area contributed by atoms with Gasteiger partial charge in [0.15, 0.2) is 0 Å². The number of amides is 1. The summed E-state index contributed by atoms with van der Waals surface area (Å²) in [7, 11) is 1.47. The van der Waals surface area contributed by atoms with Gasteiger partial charge in [-0.1, -0.05) is 24.3 Å². The predicted octanol–water partition coefficient (Wildman–Crippen LogP) is 2.58. The molecule has 6 nitrogen and oxygen atoms in total. The molecule has 0 radical (unpaired) electrons. The van der Waals surface area contributed by atoms with Crippen LogP contribution in [0.2, 0.25) is 0 Å². The quantitative estimate of drug-likeness (QED) is 0.881. The van der Waals surface area contributed by atoms with Crippen molar-refractivity contribution < 1.29 is 14.3 Å². The highest BCUT2D eigenvalue weighted by atomic mass is 16.5. The number of carbonyl (C=O) groups excluding carboxylic acids is 1. The Morgan fingerprint density at radius 3 is 2.88 bits per heavy atom. The summed E-state index contributed by atoms with van der Waals surface area (Å²) in [4.78, 5) is 15.7. The minimum atomic E-state index is -0.254. The maximum atomic E-state index is 11.6. The van der Waals surface area contributed by atoms with E-state index >= 15 is 0 Å². The number of nitrogens with zero attached hydrogens (tertiary/aromatic N) is 1. The Labute approximate surface area is 141 Å². The fraction of sp³-hybridized carbons (Fsp3) is 0.333. The van der Waals surface area contributed by atoms with Gasteiger partial charge in [0.2, 0.25) is 0 Å². The summed E-state index contributed by atoms with van der Waals surface area (Å²) in [6.07, 6.45) is 3.29. The number of anilines is 1. The SMILES string of the molecule is COCC(=O)Nc1cc(OC2CCC(N)c3ccccc32)ccn1. The standard InChI is InChI=1S/C18H21N3O3/c1-23-11-18(22)21-17-10-12(8-9-20-17)24-16-7-6-15(19)13-4-2-3-5-14(13)16/h2-5,8-10,15-16H,6-7,11,19H2,1H3,(H,20,21,22). The first-order valence-corrected chi connectivity index (χ1v) is 7.93. The summed E-state index contributed by atoms with van der Waals surface area (Å²) in [5.74, 6) is 0.847. The normalized spacial score (nSPS) is 19.4. The lowest BCUT2D eigenvalue weighted by molar-refractivity contribution is -0.119. The second-order valence-corrected chi connectivity index (χ2v) is 5.78. The monoisotopic (exact) mass is 327 g/mol. The number of rotatable bonds is 5. The van der Waals surface area contributed by atoms with E-state index in [-0.39, 0.29) is 24.7 Å². The number of benzene rings is 1. The molecule has 0 saturated heterocycles. The fourth-order valence-electron chi connectivity index (χ4n) is 2.93. The van der Waals surface area contributed by atoms with Gasteiger partial charge in [0.25, 0.3) is 5.91 Å². The van der Waals surface area contributed by atoms with E-state index in [1.807, 2.05) is 12.1 Å². The Bertz CT molecular complexity index is 720. The average Bonchev–Trinajstić information content (AvgIpc) is 2.58. The zero-order chi connectivity index (χ0) is 16.9. The van der Waals surface area contributed by atoms with Crippen LogP contribution in [0.3, 0.4) is 0 Å². The van der Waals surface area contributed by atoms with Crippen LogP contribution < -0.4 is 15.8 Å². The molecule has 126 valence electrons. The highest BCUT2D eigenvalue weighted by Gasteiger charge is 2.26. The van der Waals surface area contributed by atoms with Crippen LogP contribution in [0.1, 0.15) is 36.1 Å². The number of fused-ring (bicyclic) bond motifs is 1. The van der Waals surface area contributed by atoms with E-state index in [0.29, 0.717) is 11.6 Å². The van der Waals surface area contributed by atoms with Crippen molar-refractivity contribution in [2.75, 3.05) is 19.0 Å². The number of hydrogen-bond donors (Lipinski definition) is 2. The number of ether oxygens (including phenoxy) is 2. The van der Waals surface area contributed by atoms with Crippen molar-refractivity contribution in [1.82, 2.24) is 4.98 Å². The van der Waals surface area contributed by atoms with Gasteiger partial charge in [-0.15, -0.1) is 0 Å². The summed E-state index contributed by atoms with van der Waals surface area (Å²) in [6, 6.07) is 11.7. The van der Waals surface area contributed by atoms with Crippen LogP contribution in [0.15, 0.2) is 42.6 Å². The number of carbonyl (C=O) groups is 1. The molecule has 1 aliphatic carbocycles. The lowest BCUT2D eigenvalue weighted by Gasteiger charge is -2.30. The molecule has 1 aromatic carbocycles. The largest absolute Gasteiger partial charge is 0.486 e. The summed E-state index contributed by atoms with van der Waals surface area (Å²) in [5.41, 5.74) is 8.44. The van der Waals surface area contributed by atoms with Crippen molar-refractivity contribution in [3.63, 3.8) is 0 Å². The van der Waals surface area contributed by atoms with Crippen LogP contribution in [-0.4, -0.2) is 24.6 Å². The number of nitrogens with one attached hydrogen (secondary N) is 1. The van der Waals surface area contributed by atoms with E-state index in [9.17, 15) is 4.79 Å². The van der Waals surface area contributed by atoms with Gasteiger partial charge < -0.3 is 20.5 Å². The Balaban J connectivity index is 1.75. The summed E-state index contributed by atoms with van der Waals surface area (Å²) in [6.45, 7) is -0.0132. The molecular weight excluding hydrogens is 306 g/mol. The molecule has 24 heavy (non-hydrogen) atoms. The molecule has 1 aromatic heterocycles. The molecule has 6 heteroatoms. The molecule has 3 N–H and O–H groups in total. The third kappa shape index (κ3) is 3.72. The first kappa shape index (κ1) is 16.4. The van der Waals surface area contributed by atoms with Gasteiger partial charge in [0.1, 0.15) is 24.3 Å². The Hall–Kier alpha value is -2.44. The van der Waals surface area contributed by atoms with Crippen molar-refractivity contribution >= 4 is 11.7 Å².